The van der Waals surface area contributed by atoms with Gasteiger partial charge in [0.25, 0.3) is 0 Å². The summed E-state index contributed by atoms with van der Waals surface area (Å²) in [4.78, 5) is 14.4. The molecule has 0 bridgehead atoms. The number of sulfonamides is 1. The summed E-state index contributed by atoms with van der Waals surface area (Å²) in [5.41, 5.74) is 1.02. The maximum Gasteiger partial charge on any atom is 0.243 e. The van der Waals surface area contributed by atoms with E-state index in [1.807, 2.05) is 13.8 Å². The summed E-state index contributed by atoms with van der Waals surface area (Å²) in [6, 6.07) is 6.71. The topological polar surface area (TPSA) is 66.8 Å². The van der Waals surface area contributed by atoms with Gasteiger partial charge in [0.15, 0.2) is 0 Å². The second-order valence-electron chi connectivity index (χ2n) is 5.23. The van der Waals surface area contributed by atoms with E-state index < -0.39 is 10.0 Å². The van der Waals surface area contributed by atoms with Crippen molar-refractivity contribution in [2.75, 3.05) is 13.1 Å². The fraction of sp³-hybridized carbons (Fsp3) is 0.500. The normalized spacial score (nSPS) is 24.1. The number of hydrogen-bond donors (Lipinski definition) is 0. The van der Waals surface area contributed by atoms with Crippen LogP contribution in [-0.2, 0) is 14.8 Å². The van der Waals surface area contributed by atoms with Crippen LogP contribution in [0.15, 0.2) is 34.2 Å². The molecule has 20 heavy (non-hydrogen) atoms. The third-order valence-corrected chi connectivity index (χ3v) is 5.58. The lowest BCUT2D eigenvalue weighted by atomic mass is 9.96. The van der Waals surface area contributed by atoms with Crippen molar-refractivity contribution in [2.24, 2.45) is 10.9 Å². The van der Waals surface area contributed by atoms with Gasteiger partial charge in [-0.3, -0.25) is 0 Å². The van der Waals surface area contributed by atoms with Crippen LogP contribution in [0.3, 0.4) is 0 Å². The van der Waals surface area contributed by atoms with Crippen molar-refractivity contribution in [1.29, 1.82) is 0 Å². The van der Waals surface area contributed by atoms with Crippen LogP contribution in [0.5, 0.6) is 0 Å². The number of aliphatic imine (C=N–C) groups is 1. The fourth-order valence-electron chi connectivity index (χ4n) is 2.43. The molecule has 6 heteroatoms. The Hall–Kier alpha value is -1.49. The largest absolute Gasteiger partial charge is 0.243 e. The molecule has 0 aromatic heterocycles. The molecule has 1 aliphatic rings. The van der Waals surface area contributed by atoms with E-state index in [2.05, 4.69) is 4.99 Å². The Labute approximate surface area is 119 Å². The molecule has 1 aromatic rings. The highest BCUT2D eigenvalue weighted by molar-refractivity contribution is 7.89. The third kappa shape index (κ3) is 2.98. The highest BCUT2D eigenvalue weighted by Crippen LogP contribution is 2.25. The predicted octanol–water partition coefficient (Wildman–Crippen LogP) is 1.73. The number of aryl methyl sites for hydroxylation is 1. The summed E-state index contributed by atoms with van der Waals surface area (Å²) in [5, 5.41) is 0. The summed E-state index contributed by atoms with van der Waals surface area (Å²) in [7, 11) is -3.46. The molecular weight excluding hydrogens is 276 g/mol. The first-order valence-corrected chi connectivity index (χ1v) is 8.03. The molecule has 0 N–H and O–H groups in total. The van der Waals surface area contributed by atoms with Crippen molar-refractivity contribution in [3.05, 3.63) is 29.8 Å². The predicted molar refractivity (Wildman–Crippen MR) is 75.6 cm³/mol. The van der Waals surface area contributed by atoms with E-state index in [0.717, 1.165) is 5.56 Å². The van der Waals surface area contributed by atoms with Gasteiger partial charge < -0.3 is 0 Å². The number of isocyanates is 1. The standard InChI is InChI=1S/C14H18N2O3S/c1-11-3-5-13(6-4-11)20(18,19)16-8-7-14(15-10-17)12(2)9-16/h3-6,12,14H,7-9H2,1-2H3. The Balaban J connectivity index is 2.20. The van der Waals surface area contributed by atoms with Crippen molar-refractivity contribution in [3.8, 4) is 0 Å². The first-order chi connectivity index (χ1) is 9.45. The molecule has 1 heterocycles. The number of nitrogens with zero attached hydrogens (tertiary/aromatic N) is 2. The third-order valence-electron chi connectivity index (χ3n) is 3.70. The maximum atomic E-state index is 12.5. The number of hydrogen-bond acceptors (Lipinski definition) is 4. The molecule has 5 nitrogen and oxygen atoms in total. The number of benzene rings is 1. The van der Waals surface area contributed by atoms with Crippen LogP contribution in [0.1, 0.15) is 18.9 Å². The molecule has 0 aliphatic carbocycles. The van der Waals surface area contributed by atoms with Gasteiger partial charge in [0, 0.05) is 13.1 Å². The SMILES string of the molecule is Cc1ccc(S(=O)(=O)N2CCC(N=C=O)C(C)C2)cc1. The Kier molecular flexibility index (Phi) is 4.38. The lowest BCUT2D eigenvalue weighted by Gasteiger charge is -2.33. The summed E-state index contributed by atoms with van der Waals surface area (Å²) < 4.78 is 26.5. The van der Waals surface area contributed by atoms with Crippen LogP contribution >= 0.6 is 0 Å². The lowest BCUT2D eigenvalue weighted by Crippen LogP contribution is -2.44. The van der Waals surface area contributed by atoms with E-state index in [1.54, 1.807) is 30.3 Å². The molecular formula is C14H18N2O3S. The molecule has 2 unspecified atom stereocenters. The minimum Gasteiger partial charge on any atom is -0.211 e. The molecule has 1 aliphatic heterocycles. The monoisotopic (exact) mass is 294 g/mol. The maximum absolute atomic E-state index is 12.5. The van der Waals surface area contributed by atoms with Crippen molar-refractivity contribution in [1.82, 2.24) is 4.31 Å². The highest BCUT2D eigenvalue weighted by Gasteiger charge is 2.33. The highest BCUT2D eigenvalue weighted by atomic mass is 32.2. The van der Waals surface area contributed by atoms with Gasteiger partial charge in [0.1, 0.15) is 0 Å². The van der Waals surface area contributed by atoms with Gasteiger partial charge in [0.05, 0.1) is 10.9 Å². The van der Waals surface area contributed by atoms with Crippen LogP contribution in [0.2, 0.25) is 0 Å². The van der Waals surface area contributed by atoms with E-state index in [9.17, 15) is 13.2 Å². The molecule has 0 radical (unpaired) electrons. The van der Waals surface area contributed by atoms with Crippen LogP contribution in [0, 0.1) is 12.8 Å². The molecule has 0 saturated carbocycles. The van der Waals surface area contributed by atoms with Gasteiger partial charge in [0.2, 0.25) is 16.1 Å². The Morgan fingerprint density at radius 1 is 1.30 bits per heavy atom. The number of rotatable bonds is 3. The van der Waals surface area contributed by atoms with Crippen molar-refractivity contribution < 1.29 is 13.2 Å². The van der Waals surface area contributed by atoms with Crippen molar-refractivity contribution in [3.63, 3.8) is 0 Å². The Morgan fingerprint density at radius 2 is 1.95 bits per heavy atom. The second-order valence-corrected chi connectivity index (χ2v) is 7.17. The molecule has 1 fully saturated rings. The minimum atomic E-state index is -3.46. The average molecular weight is 294 g/mol. The van der Waals surface area contributed by atoms with Gasteiger partial charge >= 0.3 is 0 Å². The van der Waals surface area contributed by atoms with E-state index >= 15 is 0 Å². The van der Waals surface area contributed by atoms with Gasteiger partial charge in [-0.2, -0.15) is 4.31 Å². The van der Waals surface area contributed by atoms with Crippen molar-refractivity contribution in [2.45, 2.75) is 31.2 Å². The molecule has 0 amide bonds. The molecule has 1 saturated heterocycles. The number of carbonyl (C=O) groups excluding carboxylic acids is 1. The lowest BCUT2D eigenvalue weighted by molar-refractivity contribution is 0.251. The summed E-state index contributed by atoms with van der Waals surface area (Å²) >= 11 is 0. The zero-order valence-electron chi connectivity index (χ0n) is 11.6. The summed E-state index contributed by atoms with van der Waals surface area (Å²) in [6.45, 7) is 4.59. The average Bonchev–Trinajstić information content (AvgIpc) is 2.41. The van der Waals surface area contributed by atoms with E-state index in [0.29, 0.717) is 24.4 Å². The van der Waals surface area contributed by atoms with E-state index in [1.165, 1.54) is 4.31 Å². The van der Waals surface area contributed by atoms with Crippen LogP contribution in [0.4, 0.5) is 0 Å². The summed E-state index contributed by atoms with van der Waals surface area (Å²) in [6.07, 6.45) is 2.12. The zero-order valence-corrected chi connectivity index (χ0v) is 12.4. The molecule has 0 spiro atoms. The molecule has 2 rings (SSSR count). The first-order valence-electron chi connectivity index (χ1n) is 6.59. The van der Waals surface area contributed by atoms with Gasteiger partial charge in [-0.05, 0) is 31.4 Å². The quantitative estimate of drug-likeness (QED) is 0.630. The Bertz CT molecular complexity index is 618. The molecule has 1 aromatic carbocycles. The fourth-order valence-corrected chi connectivity index (χ4v) is 3.99. The van der Waals surface area contributed by atoms with Gasteiger partial charge in [-0.1, -0.05) is 24.6 Å². The zero-order chi connectivity index (χ0) is 14.8. The van der Waals surface area contributed by atoms with Crippen molar-refractivity contribution >= 4 is 16.1 Å². The first kappa shape index (κ1) is 14.9. The second kappa shape index (κ2) is 5.87. The van der Waals surface area contributed by atoms with Gasteiger partial charge in [-0.15, -0.1) is 0 Å². The smallest absolute Gasteiger partial charge is 0.211 e. The Morgan fingerprint density at radius 3 is 2.50 bits per heavy atom. The molecule has 2 atom stereocenters. The van der Waals surface area contributed by atoms with Crippen LogP contribution in [-0.4, -0.2) is 37.9 Å². The number of piperidine rings is 1. The van der Waals surface area contributed by atoms with E-state index in [-0.39, 0.29) is 12.0 Å². The van der Waals surface area contributed by atoms with Crippen LogP contribution in [0.25, 0.3) is 0 Å². The van der Waals surface area contributed by atoms with Crippen LogP contribution < -0.4 is 0 Å². The minimum absolute atomic E-state index is 0.0189. The van der Waals surface area contributed by atoms with E-state index in [4.69, 9.17) is 0 Å². The molecule has 108 valence electrons. The summed E-state index contributed by atoms with van der Waals surface area (Å²) in [5.74, 6) is 0.0189. The van der Waals surface area contributed by atoms with Gasteiger partial charge in [-0.25, -0.2) is 18.2 Å².